The van der Waals surface area contributed by atoms with Gasteiger partial charge in [-0.1, -0.05) is 13.0 Å². The van der Waals surface area contributed by atoms with E-state index < -0.39 is 29.7 Å². The molecule has 1 amide bonds. The van der Waals surface area contributed by atoms with Crippen LogP contribution in [0.15, 0.2) is 17.6 Å². The van der Waals surface area contributed by atoms with Gasteiger partial charge in [-0.25, -0.2) is 4.79 Å². The molecule has 0 aromatic rings. The number of amides is 1. The van der Waals surface area contributed by atoms with Gasteiger partial charge in [-0.3, -0.25) is 4.79 Å². The Kier molecular flexibility index (Phi) is 10.1. The first kappa shape index (κ1) is 21.3. The van der Waals surface area contributed by atoms with Gasteiger partial charge in [0.15, 0.2) is 0 Å². The Morgan fingerprint density at radius 3 is 2.43 bits per heavy atom. The quantitative estimate of drug-likeness (QED) is 0.280. The Balaban J connectivity index is 4.86. The Morgan fingerprint density at radius 1 is 1.30 bits per heavy atom. The van der Waals surface area contributed by atoms with Crippen LogP contribution in [0.4, 0.5) is 4.79 Å². The smallest absolute Gasteiger partial charge is 0.433 e. The van der Waals surface area contributed by atoms with Gasteiger partial charge < -0.3 is 14.2 Å². The van der Waals surface area contributed by atoms with Crippen molar-refractivity contribution >= 4 is 18.3 Å². The number of esters is 1. The molecule has 0 aromatic heterocycles. The lowest BCUT2D eigenvalue weighted by Crippen LogP contribution is -2.33. The van der Waals surface area contributed by atoms with Gasteiger partial charge in [-0.05, 0) is 40.0 Å². The average Bonchev–Trinajstić information content (AvgIpc) is 2.47. The van der Waals surface area contributed by atoms with Gasteiger partial charge in [0.1, 0.15) is 11.5 Å². The molecule has 2 unspecified atom stereocenters. The summed E-state index contributed by atoms with van der Waals surface area (Å²) in [5.41, 5.74) is -0.638. The highest BCUT2D eigenvalue weighted by Crippen LogP contribution is 2.14. The molecule has 2 atom stereocenters. The largest absolute Gasteiger partial charge is 0.468 e. The maximum absolute atomic E-state index is 11.9. The van der Waals surface area contributed by atoms with Crippen LogP contribution in [0.25, 0.3) is 0 Å². The van der Waals surface area contributed by atoms with Crippen LogP contribution < -0.4 is 0 Å². The normalized spacial score (nSPS) is 14.3. The van der Waals surface area contributed by atoms with Gasteiger partial charge in [0.25, 0.3) is 0 Å². The van der Waals surface area contributed by atoms with Crippen LogP contribution in [0, 0.1) is 5.92 Å². The number of ether oxygens (including phenoxy) is 3. The summed E-state index contributed by atoms with van der Waals surface area (Å²) in [4.78, 5) is 27.3. The van der Waals surface area contributed by atoms with Crippen molar-refractivity contribution < 1.29 is 23.8 Å². The molecule has 23 heavy (non-hydrogen) atoms. The van der Waals surface area contributed by atoms with Crippen LogP contribution in [0.3, 0.4) is 0 Å². The minimum absolute atomic E-state index is 0.404. The standard InChI is InChI=1S/C17H29NO5/c1-7-9-10-11-22-14(8-2)13(15(19)21-6)12-18-16(20)23-17(3,4)5/h7,12-14H,1,8-11H2,2-6H3. The van der Waals surface area contributed by atoms with E-state index in [1.165, 1.54) is 13.3 Å². The minimum Gasteiger partial charge on any atom is -0.468 e. The zero-order valence-corrected chi connectivity index (χ0v) is 14.8. The van der Waals surface area contributed by atoms with Crippen LogP contribution in [0.5, 0.6) is 0 Å². The number of rotatable bonds is 9. The van der Waals surface area contributed by atoms with Crippen LogP contribution in [0.1, 0.15) is 47.0 Å². The molecule has 0 saturated carbocycles. The summed E-state index contributed by atoms with van der Waals surface area (Å²) in [5.74, 6) is -1.24. The summed E-state index contributed by atoms with van der Waals surface area (Å²) in [6.07, 6.45) is 4.16. The van der Waals surface area contributed by atoms with Crippen molar-refractivity contribution in [2.24, 2.45) is 10.9 Å². The molecule has 0 fully saturated rings. The third-order valence-electron chi connectivity index (χ3n) is 2.89. The number of unbranched alkanes of at least 4 members (excludes halogenated alkanes) is 1. The molecule has 0 heterocycles. The summed E-state index contributed by atoms with van der Waals surface area (Å²) in [5, 5.41) is 0. The predicted molar refractivity (Wildman–Crippen MR) is 89.7 cm³/mol. The fourth-order valence-corrected chi connectivity index (χ4v) is 1.81. The number of aliphatic imine (C=N–C) groups is 1. The van der Waals surface area contributed by atoms with E-state index >= 15 is 0 Å². The first-order valence-electron chi connectivity index (χ1n) is 7.82. The van der Waals surface area contributed by atoms with E-state index in [0.29, 0.717) is 13.0 Å². The lowest BCUT2D eigenvalue weighted by Gasteiger charge is -2.22. The molecule has 6 heteroatoms. The van der Waals surface area contributed by atoms with E-state index in [1.807, 2.05) is 13.0 Å². The predicted octanol–water partition coefficient (Wildman–Crippen LogP) is 3.54. The highest BCUT2D eigenvalue weighted by atomic mass is 16.6. The summed E-state index contributed by atoms with van der Waals surface area (Å²) < 4.78 is 15.6. The molecule has 6 nitrogen and oxygen atoms in total. The van der Waals surface area contributed by atoms with Crippen molar-refractivity contribution in [1.29, 1.82) is 0 Å². The number of methoxy groups -OCH3 is 1. The molecule has 0 bridgehead atoms. The number of carbonyl (C=O) groups excluding carboxylic acids is 2. The molecule has 0 aliphatic rings. The van der Waals surface area contributed by atoms with Crippen molar-refractivity contribution in [3.8, 4) is 0 Å². The van der Waals surface area contributed by atoms with Crippen molar-refractivity contribution in [2.45, 2.75) is 58.7 Å². The van der Waals surface area contributed by atoms with Gasteiger partial charge in [0.2, 0.25) is 0 Å². The molecule has 0 aliphatic carbocycles. The first-order valence-corrected chi connectivity index (χ1v) is 7.82. The van der Waals surface area contributed by atoms with Crippen LogP contribution in [0.2, 0.25) is 0 Å². The van der Waals surface area contributed by atoms with Gasteiger partial charge in [-0.2, -0.15) is 4.99 Å². The Labute approximate surface area is 138 Å². The molecule has 0 rings (SSSR count). The number of nitrogens with zero attached hydrogens (tertiary/aromatic N) is 1. The van der Waals surface area contributed by atoms with Crippen LogP contribution >= 0.6 is 0 Å². The number of carbonyl (C=O) groups is 2. The summed E-state index contributed by atoms with van der Waals surface area (Å²) >= 11 is 0. The Morgan fingerprint density at radius 2 is 1.96 bits per heavy atom. The van der Waals surface area contributed by atoms with Gasteiger partial charge in [-0.15, -0.1) is 6.58 Å². The topological polar surface area (TPSA) is 74.2 Å². The van der Waals surface area contributed by atoms with E-state index in [9.17, 15) is 9.59 Å². The molecule has 0 aliphatic heterocycles. The van der Waals surface area contributed by atoms with E-state index in [0.717, 1.165) is 12.8 Å². The highest BCUT2D eigenvalue weighted by Gasteiger charge is 2.28. The zero-order chi connectivity index (χ0) is 17.9. The third kappa shape index (κ3) is 9.84. The van der Waals surface area contributed by atoms with E-state index in [4.69, 9.17) is 14.2 Å². The SMILES string of the molecule is C=CCCCOC(CC)C(C=NC(=O)OC(C)(C)C)C(=O)OC. The second-order valence-electron chi connectivity index (χ2n) is 6.06. The lowest BCUT2D eigenvalue weighted by molar-refractivity contribution is -0.147. The molecule has 0 N–H and O–H groups in total. The fourth-order valence-electron chi connectivity index (χ4n) is 1.81. The van der Waals surface area contributed by atoms with Crippen molar-refractivity contribution in [3.05, 3.63) is 12.7 Å². The maximum Gasteiger partial charge on any atom is 0.433 e. The second-order valence-corrected chi connectivity index (χ2v) is 6.06. The Bertz CT molecular complexity index is 412. The average molecular weight is 327 g/mol. The van der Waals surface area contributed by atoms with E-state index in [-0.39, 0.29) is 0 Å². The maximum atomic E-state index is 11.9. The summed E-state index contributed by atoms with van der Waals surface area (Å²) in [7, 11) is 1.29. The van der Waals surface area contributed by atoms with Crippen molar-refractivity contribution in [2.75, 3.05) is 13.7 Å². The lowest BCUT2D eigenvalue weighted by atomic mass is 10.0. The number of hydrogen-bond acceptors (Lipinski definition) is 5. The monoisotopic (exact) mass is 327 g/mol. The van der Waals surface area contributed by atoms with Gasteiger partial charge in [0.05, 0.1) is 13.2 Å². The van der Waals surface area contributed by atoms with Crippen molar-refractivity contribution in [1.82, 2.24) is 0 Å². The summed E-state index contributed by atoms with van der Waals surface area (Å²) in [6, 6.07) is 0. The van der Waals surface area contributed by atoms with Gasteiger partial charge >= 0.3 is 12.1 Å². The molecule has 0 saturated heterocycles. The molecule has 0 spiro atoms. The number of hydrogen-bond donors (Lipinski definition) is 0. The zero-order valence-electron chi connectivity index (χ0n) is 14.8. The van der Waals surface area contributed by atoms with Crippen LogP contribution in [-0.2, 0) is 19.0 Å². The first-order chi connectivity index (χ1) is 10.7. The molecule has 0 aromatic carbocycles. The van der Waals surface area contributed by atoms with E-state index in [1.54, 1.807) is 20.8 Å². The van der Waals surface area contributed by atoms with Gasteiger partial charge in [0, 0.05) is 12.8 Å². The molecule has 132 valence electrons. The highest BCUT2D eigenvalue weighted by molar-refractivity contribution is 5.94. The number of allylic oxidation sites excluding steroid dienone is 1. The molecule has 0 radical (unpaired) electrons. The minimum atomic E-state index is -0.749. The second kappa shape index (κ2) is 10.9. The van der Waals surface area contributed by atoms with E-state index in [2.05, 4.69) is 11.6 Å². The molecular weight excluding hydrogens is 298 g/mol. The Hall–Kier alpha value is -1.69. The van der Waals surface area contributed by atoms with Crippen molar-refractivity contribution in [3.63, 3.8) is 0 Å². The van der Waals surface area contributed by atoms with Crippen LogP contribution in [-0.4, -0.2) is 43.7 Å². The third-order valence-corrected chi connectivity index (χ3v) is 2.89. The summed E-state index contributed by atoms with van der Waals surface area (Å²) in [6.45, 7) is 11.3. The molecular formula is C17H29NO5. The fraction of sp³-hybridized carbons (Fsp3) is 0.706.